The number of hydrogen-bond acceptors (Lipinski definition) is 6. The summed E-state index contributed by atoms with van der Waals surface area (Å²) in [6, 6.07) is 17.0. The summed E-state index contributed by atoms with van der Waals surface area (Å²) < 4.78 is 60.4. The van der Waals surface area contributed by atoms with Gasteiger partial charge in [0.15, 0.2) is 0 Å². The molecule has 0 aliphatic carbocycles. The van der Waals surface area contributed by atoms with Crippen LogP contribution in [0.1, 0.15) is 18.2 Å². The van der Waals surface area contributed by atoms with Crippen LogP contribution in [0.2, 0.25) is 0 Å². The maximum atomic E-state index is 13.1. The van der Waals surface area contributed by atoms with E-state index in [1.165, 1.54) is 34.3 Å². The average Bonchev–Trinajstić information content (AvgIpc) is 3.20. The molecule has 32 heavy (non-hydrogen) atoms. The highest BCUT2D eigenvalue weighted by Crippen LogP contribution is 2.22. The number of nitrogens with zero attached hydrogens (tertiary/aromatic N) is 3. The van der Waals surface area contributed by atoms with Crippen molar-refractivity contribution in [2.75, 3.05) is 20.3 Å². The van der Waals surface area contributed by atoms with E-state index in [-0.39, 0.29) is 42.0 Å². The molecule has 0 amide bonds. The zero-order chi connectivity index (χ0) is 23.2. The first kappa shape index (κ1) is 24.1. The van der Waals surface area contributed by atoms with Crippen LogP contribution in [-0.2, 0) is 43.4 Å². The number of sulfone groups is 1. The second-order valence-corrected chi connectivity index (χ2v) is 11.0. The van der Waals surface area contributed by atoms with Crippen LogP contribution in [0.5, 0.6) is 0 Å². The topological polar surface area (TPSA) is 98.6 Å². The molecule has 3 aromatic rings. The van der Waals surface area contributed by atoms with Crippen LogP contribution < -0.4 is 0 Å². The molecule has 0 radical (unpaired) electrons. The Morgan fingerprint density at radius 1 is 0.969 bits per heavy atom. The van der Waals surface area contributed by atoms with Gasteiger partial charge in [-0.15, -0.1) is 0 Å². The standard InChI is InChI=1S/C22H27N3O5S2/c1-3-24(32(28,29)21-12-8-5-9-13-21)17-20-16-23-22(25(20)14-15-30-2)31(26,27)18-19-10-6-4-7-11-19/h4-13,16H,3,14-15,17-18H2,1-2H3. The van der Waals surface area contributed by atoms with Crippen LogP contribution in [0.4, 0.5) is 0 Å². The lowest BCUT2D eigenvalue weighted by atomic mass is 10.2. The van der Waals surface area contributed by atoms with Crippen molar-refractivity contribution in [3.8, 4) is 0 Å². The molecule has 1 heterocycles. The molecule has 0 saturated carbocycles. The van der Waals surface area contributed by atoms with Gasteiger partial charge in [-0.05, 0) is 17.7 Å². The first-order chi connectivity index (χ1) is 15.3. The minimum absolute atomic E-state index is 0.00863. The summed E-state index contributed by atoms with van der Waals surface area (Å²) in [7, 11) is -5.98. The van der Waals surface area contributed by atoms with Gasteiger partial charge < -0.3 is 9.30 Å². The number of ether oxygens (including phenoxy) is 1. The number of methoxy groups -OCH3 is 1. The number of benzene rings is 2. The predicted molar refractivity (Wildman–Crippen MR) is 121 cm³/mol. The molecule has 172 valence electrons. The largest absolute Gasteiger partial charge is 0.383 e. The van der Waals surface area contributed by atoms with E-state index in [2.05, 4.69) is 4.98 Å². The van der Waals surface area contributed by atoms with Crippen molar-refractivity contribution >= 4 is 19.9 Å². The van der Waals surface area contributed by atoms with Gasteiger partial charge in [-0.25, -0.2) is 21.8 Å². The van der Waals surface area contributed by atoms with Gasteiger partial charge in [-0.3, -0.25) is 0 Å². The third-order valence-electron chi connectivity index (χ3n) is 4.97. The highest BCUT2D eigenvalue weighted by atomic mass is 32.2. The lowest BCUT2D eigenvalue weighted by molar-refractivity contribution is 0.183. The first-order valence-electron chi connectivity index (χ1n) is 10.1. The second kappa shape index (κ2) is 10.4. The molecule has 0 fully saturated rings. The van der Waals surface area contributed by atoms with Gasteiger partial charge in [0.25, 0.3) is 0 Å². The Hall–Kier alpha value is -2.53. The van der Waals surface area contributed by atoms with E-state index in [1.54, 1.807) is 49.4 Å². The van der Waals surface area contributed by atoms with Crippen molar-refractivity contribution in [3.05, 3.63) is 78.1 Å². The van der Waals surface area contributed by atoms with Crippen molar-refractivity contribution in [1.82, 2.24) is 13.9 Å². The molecule has 0 atom stereocenters. The molecular formula is C22H27N3O5S2. The van der Waals surface area contributed by atoms with Gasteiger partial charge in [0, 0.05) is 20.2 Å². The van der Waals surface area contributed by atoms with Gasteiger partial charge in [-0.2, -0.15) is 4.31 Å². The van der Waals surface area contributed by atoms with E-state index in [1.807, 2.05) is 6.07 Å². The summed E-state index contributed by atoms with van der Waals surface area (Å²) in [5.74, 6) is -0.197. The van der Waals surface area contributed by atoms with Crippen molar-refractivity contribution in [2.45, 2.75) is 35.8 Å². The van der Waals surface area contributed by atoms with Crippen LogP contribution >= 0.6 is 0 Å². The Morgan fingerprint density at radius 3 is 2.19 bits per heavy atom. The minimum Gasteiger partial charge on any atom is -0.383 e. The molecule has 0 aliphatic heterocycles. The maximum absolute atomic E-state index is 13.1. The number of aromatic nitrogens is 2. The Morgan fingerprint density at radius 2 is 1.59 bits per heavy atom. The Bertz CT molecular complexity index is 1230. The maximum Gasteiger partial charge on any atom is 0.243 e. The summed E-state index contributed by atoms with van der Waals surface area (Å²) >= 11 is 0. The van der Waals surface area contributed by atoms with E-state index in [0.29, 0.717) is 11.3 Å². The van der Waals surface area contributed by atoms with E-state index in [9.17, 15) is 16.8 Å². The van der Waals surface area contributed by atoms with Gasteiger partial charge in [0.05, 0.1) is 35.7 Å². The summed E-state index contributed by atoms with van der Waals surface area (Å²) in [5.41, 5.74) is 1.13. The molecule has 0 aliphatic rings. The molecule has 1 aromatic heterocycles. The van der Waals surface area contributed by atoms with E-state index in [4.69, 9.17) is 4.74 Å². The average molecular weight is 478 g/mol. The molecule has 8 nitrogen and oxygen atoms in total. The predicted octanol–water partition coefficient (Wildman–Crippen LogP) is 2.71. The Labute approximate surface area is 189 Å². The minimum atomic E-state index is -3.76. The van der Waals surface area contributed by atoms with Crippen LogP contribution in [0.15, 0.2) is 76.9 Å². The van der Waals surface area contributed by atoms with Crippen molar-refractivity contribution in [2.24, 2.45) is 0 Å². The van der Waals surface area contributed by atoms with Crippen LogP contribution in [0.3, 0.4) is 0 Å². The lowest BCUT2D eigenvalue weighted by Gasteiger charge is -2.21. The Kier molecular flexibility index (Phi) is 7.83. The normalized spacial score (nSPS) is 12.3. The quantitative estimate of drug-likeness (QED) is 0.421. The summed E-state index contributed by atoms with van der Waals surface area (Å²) in [4.78, 5) is 4.36. The number of imidazole rings is 1. The van der Waals surface area contributed by atoms with Gasteiger partial charge in [0.1, 0.15) is 0 Å². The molecule has 0 N–H and O–H groups in total. The van der Waals surface area contributed by atoms with Crippen molar-refractivity contribution in [3.63, 3.8) is 0 Å². The third kappa shape index (κ3) is 5.44. The van der Waals surface area contributed by atoms with E-state index >= 15 is 0 Å². The highest BCUT2D eigenvalue weighted by Gasteiger charge is 2.28. The number of sulfonamides is 1. The van der Waals surface area contributed by atoms with Crippen molar-refractivity contribution in [1.29, 1.82) is 0 Å². The van der Waals surface area contributed by atoms with E-state index < -0.39 is 19.9 Å². The fourth-order valence-electron chi connectivity index (χ4n) is 3.34. The van der Waals surface area contributed by atoms with Crippen LogP contribution in [0.25, 0.3) is 0 Å². The van der Waals surface area contributed by atoms with Crippen molar-refractivity contribution < 1.29 is 21.6 Å². The molecular weight excluding hydrogens is 450 g/mol. The summed E-state index contributed by atoms with van der Waals surface area (Å²) in [6.07, 6.45) is 1.43. The first-order valence-corrected chi connectivity index (χ1v) is 13.2. The number of hydrogen-bond donors (Lipinski definition) is 0. The fraction of sp³-hybridized carbons (Fsp3) is 0.318. The van der Waals surface area contributed by atoms with Crippen LogP contribution in [-0.4, -0.2) is 51.0 Å². The SMILES string of the molecule is CCN(Cc1cnc(S(=O)(=O)Cc2ccccc2)n1CCOC)S(=O)(=O)c1ccccc1. The second-order valence-electron chi connectivity index (χ2n) is 7.17. The van der Waals surface area contributed by atoms with Gasteiger partial charge in [0.2, 0.25) is 25.0 Å². The molecule has 2 aromatic carbocycles. The molecule has 10 heteroatoms. The molecule has 0 spiro atoms. The van der Waals surface area contributed by atoms with Crippen LogP contribution in [0, 0.1) is 0 Å². The summed E-state index contributed by atoms with van der Waals surface area (Å²) in [5, 5.41) is -0.0958. The fourth-order valence-corrected chi connectivity index (χ4v) is 6.29. The van der Waals surface area contributed by atoms with Gasteiger partial charge >= 0.3 is 0 Å². The zero-order valence-corrected chi connectivity index (χ0v) is 19.7. The Balaban J connectivity index is 1.95. The molecule has 0 unspecified atom stereocenters. The molecule has 0 bridgehead atoms. The monoisotopic (exact) mass is 477 g/mol. The molecule has 0 saturated heterocycles. The zero-order valence-electron chi connectivity index (χ0n) is 18.1. The molecule has 3 rings (SSSR count). The number of rotatable bonds is 11. The lowest BCUT2D eigenvalue weighted by Crippen LogP contribution is -2.31. The third-order valence-corrected chi connectivity index (χ3v) is 8.50. The summed E-state index contributed by atoms with van der Waals surface area (Å²) in [6.45, 7) is 2.44. The smallest absolute Gasteiger partial charge is 0.243 e. The van der Waals surface area contributed by atoms with Gasteiger partial charge in [-0.1, -0.05) is 55.5 Å². The highest BCUT2D eigenvalue weighted by molar-refractivity contribution is 7.90. The van der Waals surface area contributed by atoms with E-state index in [0.717, 1.165) is 0 Å².